The topological polar surface area (TPSA) is 88.8 Å². The Balaban J connectivity index is 1.60. The lowest BCUT2D eigenvalue weighted by molar-refractivity contribution is -0.138. The molecule has 1 saturated heterocycles. The number of aryl methyl sites for hydroxylation is 1. The average molecular weight is 477 g/mol. The summed E-state index contributed by atoms with van der Waals surface area (Å²) in [6, 6.07) is 2.45. The van der Waals surface area contributed by atoms with Crippen molar-refractivity contribution in [3.05, 3.63) is 59.4 Å². The van der Waals surface area contributed by atoms with Crippen LogP contribution in [0.3, 0.4) is 0 Å². The fraction of sp³-hybridized carbons (Fsp3) is 0.409. The molecule has 1 fully saturated rings. The number of hydrogen-bond donors (Lipinski definition) is 1. The molecule has 0 radical (unpaired) electrons. The highest BCUT2D eigenvalue weighted by Crippen LogP contribution is 2.30. The number of halogens is 4. The minimum absolute atomic E-state index is 0.0151. The maximum Gasteiger partial charge on any atom is 0.419 e. The SMILES string of the molecule is Cc1ccc(F)c(C(=O)N2CCC[C@@H](C)[C@H]2CNc2ncc(C(F)(F)F)cn2)c1-n1nccn1. The Morgan fingerprint density at radius 2 is 1.85 bits per heavy atom. The van der Waals surface area contributed by atoms with E-state index in [0.717, 1.165) is 12.8 Å². The molecular formula is C22H23F4N7O. The fourth-order valence-electron chi connectivity index (χ4n) is 4.18. The number of aromatic nitrogens is 5. The van der Waals surface area contributed by atoms with Crippen LogP contribution >= 0.6 is 0 Å². The quantitative estimate of drug-likeness (QED) is 0.562. The van der Waals surface area contributed by atoms with Gasteiger partial charge in [0.1, 0.15) is 17.1 Å². The van der Waals surface area contributed by atoms with E-state index in [9.17, 15) is 22.4 Å². The lowest BCUT2D eigenvalue weighted by atomic mass is 9.89. The highest BCUT2D eigenvalue weighted by atomic mass is 19.4. The molecule has 0 bridgehead atoms. The molecule has 1 amide bonds. The van der Waals surface area contributed by atoms with Gasteiger partial charge in [0.25, 0.3) is 5.91 Å². The zero-order chi connectivity index (χ0) is 24.5. The molecule has 1 aromatic carbocycles. The van der Waals surface area contributed by atoms with E-state index in [4.69, 9.17) is 0 Å². The smallest absolute Gasteiger partial charge is 0.352 e. The predicted octanol–water partition coefficient (Wildman–Crippen LogP) is 3.88. The van der Waals surface area contributed by atoms with Crippen LogP contribution in [0.1, 0.15) is 41.3 Å². The van der Waals surface area contributed by atoms with Gasteiger partial charge in [-0.25, -0.2) is 14.4 Å². The first-order valence-corrected chi connectivity index (χ1v) is 10.8. The molecule has 1 aliphatic heterocycles. The van der Waals surface area contributed by atoms with E-state index in [1.807, 2.05) is 6.92 Å². The third-order valence-corrected chi connectivity index (χ3v) is 5.99. The van der Waals surface area contributed by atoms with Crippen LogP contribution in [0.25, 0.3) is 5.69 Å². The Morgan fingerprint density at radius 3 is 2.50 bits per heavy atom. The summed E-state index contributed by atoms with van der Waals surface area (Å²) in [6.07, 6.45) is 1.34. The molecule has 0 saturated carbocycles. The Morgan fingerprint density at radius 1 is 1.18 bits per heavy atom. The van der Waals surface area contributed by atoms with Crippen LogP contribution in [-0.2, 0) is 6.18 Å². The molecule has 1 N–H and O–H groups in total. The molecule has 2 atom stereocenters. The van der Waals surface area contributed by atoms with Crippen molar-refractivity contribution in [2.75, 3.05) is 18.4 Å². The zero-order valence-electron chi connectivity index (χ0n) is 18.6. The minimum Gasteiger partial charge on any atom is -0.352 e. The lowest BCUT2D eigenvalue weighted by Crippen LogP contribution is -2.51. The Labute approximate surface area is 193 Å². The molecule has 34 heavy (non-hydrogen) atoms. The van der Waals surface area contributed by atoms with Crippen LogP contribution in [0.2, 0.25) is 0 Å². The van der Waals surface area contributed by atoms with Gasteiger partial charge in [-0.3, -0.25) is 4.79 Å². The summed E-state index contributed by atoms with van der Waals surface area (Å²) >= 11 is 0. The number of likely N-dealkylation sites (tertiary alicyclic amines) is 1. The van der Waals surface area contributed by atoms with Crippen LogP contribution in [0, 0.1) is 18.7 Å². The van der Waals surface area contributed by atoms with Gasteiger partial charge < -0.3 is 10.2 Å². The monoisotopic (exact) mass is 477 g/mol. The van der Waals surface area contributed by atoms with Gasteiger partial charge in [-0.15, -0.1) is 0 Å². The van der Waals surface area contributed by atoms with Crippen LogP contribution in [0.5, 0.6) is 0 Å². The Bertz CT molecular complexity index is 1150. The van der Waals surface area contributed by atoms with Crippen molar-refractivity contribution in [1.82, 2.24) is 29.9 Å². The molecule has 0 aliphatic carbocycles. The normalized spacial score (nSPS) is 18.7. The van der Waals surface area contributed by atoms with E-state index in [-0.39, 0.29) is 35.7 Å². The van der Waals surface area contributed by atoms with E-state index < -0.39 is 23.5 Å². The van der Waals surface area contributed by atoms with E-state index in [0.29, 0.717) is 24.5 Å². The van der Waals surface area contributed by atoms with Crippen LogP contribution < -0.4 is 5.32 Å². The van der Waals surface area contributed by atoms with Gasteiger partial charge in [-0.1, -0.05) is 13.0 Å². The van der Waals surface area contributed by atoms with Crippen molar-refractivity contribution in [1.29, 1.82) is 0 Å². The van der Waals surface area contributed by atoms with E-state index in [1.165, 1.54) is 23.3 Å². The number of piperidine rings is 1. The lowest BCUT2D eigenvalue weighted by Gasteiger charge is -2.40. The number of alkyl halides is 3. The summed E-state index contributed by atoms with van der Waals surface area (Å²) in [5, 5.41) is 11.1. The second-order valence-electron chi connectivity index (χ2n) is 8.27. The van der Waals surface area contributed by atoms with E-state index in [2.05, 4.69) is 25.5 Å². The summed E-state index contributed by atoms with van der Waals surface area (Å²) in [7, 11) is 0. The number of carbonyl (C=O) groups excluding carboxylic acids is 1. The van der Waals surface area contributed by atoms with Crippen molar-refractivity contribution in [2.45, 2.75) is 38.9 Å². The van der Waals surface area contributed by atoms with E-state index in [1.54, 1.807) is 17.9 Å². The summed E-state index contributed by atoms with van der Waals surface area (Å²) < 4.78 is 53.3. The Hall–Kier alpha value is -3.57. The Kier molecular flexibility index (Phi) is 6.49. The number of benzene rings is 1. The maximum absolute atomic E-state index is 15.0. The number of nitrogens with zero attached hydrogens (tertiary/aromatic N) is 6. The van der Waals surface area contributed by atoms with Crippen LogP contribution in [-0.4, -0.2) is 54.9 Å². The van der Waals surface area contributed by atoms with Crippen molar-refractivity contribution >= 4 is 11.9 Å². The molecule has 12 heteroatoms. The molecule has 1 aliphatic rings. The summed E-state index contributed by atoms with van der Waals surface area (Å²) in [5.41, 5.74) is -0.165. The van der Waals surface area contributed by atoms with Crippen molar-refractivity contribution in [3.63, 3.8) is 0 Å². The molecule has 2 aromatic heterocycles. The maximum atomic E-state index is 15.0. The standard InChI is InChI=1S/C22H23F4N7O/c1-13-4-3-9-32(17(13)12-29-21-27-10-15(11-28-21)22(24,25)26)20(34)18-16(23)6-5-14(2)19(18)33-30-7-8-31-33/h5-8,10-11,13,17H,3-4,9,12H2,1-2H3,(H,27,28,29)/t13-,17-/m1/s1. The molecule has 4 rings (SSSR count). The number of nitrogens with one attached hydrogen (secondary N) is 1. The van der Waals surface area contributed by atoms with Gasteiger partial charge >= 0.3 is 6.18 Å². The first kappa shape index (κ1) is 23.6. The number of anilines is 1. The first-order valence-electron chi connectivity index (χ1n) is 10.8. The third kappa shape index (κ3) is 4.70. The summed E-state index contributed by atoms with van der Waals surface area (Å²) in [5.74, 6) is -1.11. The molecule has 0 unspecified atom stereocenters. The fourth-order valence-corrected chi connectivity index (χ4v) is 4.18. The van der Waals surface area contributed by atoms with Gasteiger partial charge in [0.05, 0.1) is 24.0 Å². The predicted molar refractivity (Wildman–Crippen MR) is 115 cm³/mol. The van der Waals surface area contributed by atoms with Gasteiger partial charge in [-0.05, 0) is 37.3 Å². The molecule has 3 aromatic rings. The van der Waals surface area contributed by atoms with Gasteiger partial charge in [0, 0.05) is 25.5 Å². The minimum atomic E-state index is -4.53. The van der Waals surface area contributed by atoms with Gasteiger partial charge in [-0.2, -0.15) is 28.2 Å². The number of carbonyl (C=O) groups is 1. The highest BCUT2D eigenvalue weighted by Gasteiger charge is 2.36. The molecule has 3 heterocycles. The number of rotatable bonds is 5. The second-order valence-corrected chi connectivity index (χ2v) is 8.27. The van der Waals surface area contributed by atoms with E-state index >= 15 is 0 Å². The zero-order valence-corrected chi connectivity index (χ0v) is 18.6. The van der Waals surface area contributed by atoms with Crippen molar-refractivity contribution in [3.8, 4) is 5.69 Å². The first-order chi connectivity index (χ1) is 16.2. The van der Waals surface area contributed by atoms with Crippen molar-refractivity contribution in [2.24, 2.45) is 5.92 Å². The van der Waals surface area contributed by atoms with Gasteiger partial charge in [0.15, 0.2) is 0 Å². The largest absolute Gasteiger partial charge is 0.419 e. The molecule has 0 spiro atoms. The van der Waals surface area contributed by atoms with Crippen molar-refractivity contribution < 1.29 is 22.4 Å². The third-order valence-electron chi connectivity index (χ3n) is 5.99. The van der Waals surface area contributed by atoms with Crippen LogP contribution in [0.15, 0.2) is 36.9 Å². The molecular weight excluding hydrogens is 454 g/mol. The second kappa shape index (κ2) is 9.35. The summed E-state index contributed by atoms with van der Waals surface area (Å²) in [6.45, 7) is 4.32. The molecule has 8 nitrogen and oxygen atoms in total. The summed E-state index contributed by atoms with van der Waals surface area (Å²) in [4.78, 5) is 23.9. The average Bonchev–Trinajstić information content (AvgIpc) is 3.33. The van der Waals surface area contributed by atoms with Gasteiger partial charge in [0.2, 0.25) is 5.95 Å². The number of amides is 1. The number of hydrogen-bond acceptors (Lipinski definition) is 6. The highest BCUT2D eigenvalue weighted by molar-refractivity contribution is 5.98. The molecule has 180 valence electrons. The van der Waals surface area contributed by atoms with Crippen LogP contribution in [0.4, 0.5) is 23.5 Å².